The Hall–Kier alpha value is -2.75. The maximum atomic E-state index is 13.5. The summed E-state index contributed by atoms with van der Waals surface area (Å²) in [6.45, 7) is 1.62. The Labute approximate surface area is 216 Å². The molecule has 1 N–H and O–H groups in total. The number of anilines is 1. The van der Waals surface area contributed by atoms with Crippen LogP contribution >= 0.6 is 27.3 Å². The zero-order valence-corrected chi connectivity index (χ0v) is 21.6. The van der Waals surface area contributed by atoms with Crippen LogP contribution < -0.4 is 5.32 Å². The smallest absolute Gasteiger partial charge is 0.322 e. The van der Waals surface area contributed by atoms with Crippen LogP contribution in [0.4, 0.5) is 14.9 Å². The molecule has 1 aliphatic heterocycles. The van der Waals surface area contributed by atoms with Gasteiger partial charge in [0.2, 0.25) is 5.91 Å². The molecule has 1 saturated heterocycles. The van der Waals surface area contributed by atoms with Gasteiger partial charge in [0.15, 0.2) is 0 Å². The van der Waals surface area contributed by atoms with Crippen molar-refractivity contribution in [2.45, 2.75) is 32.0 Å². The van der Waals surface area contributed by atoms with Crippen molar-refractivity contribution in [1.29, 1.82) is 0 Å². The lowest BCUT2D eigenvalue weighted by atomic mass is 10.2. The Kier molecular flexibility index (Phi) is 8.90. The summed E-state index contributed by atoms with van der Waals surface area (Å²) >= 11 is 5.02. The molecule has 184 valence electrons. The molecule has 9 heteroatoms. The van der Waals surface area contributed by atoms with E-state index in [1.54, 1.807) is 34.4 Å². The topological polar surface area (TPSA) is 61.9 Å². The number of hydrogen-bond donors (Lipinski definition) is 1. The summed E-state index contributed by atoms with van der Waals surface area (Å²) in [5.74, 6) is -0.514. The molecule has 0 radical (unpaired) electrons. The van der Waals surface area contributed by atoms with Crippen molar-refractivity contribution >= 4 is 44.9 Å². The minimum Gasteiger partial charge on any atom is -0.376 e. The van der Waals surface area contributed by atoms with Gasteiger partial charge in [-0.05, 0) is 70.0 Å². The van der Waals surface area contributed by atoms with Crippen LogP contribution in [-0.2, 0) is 22.6 Å². The molecule has 6 nitrogen and oxygen atoms in total. The van der Waals surface area contributed by atoms with Crippen molar-refractivity contribution in [2.75, 3.05) is 25.0 Å². The van der Waals surface area contributed by atoms with E-state index in [-0.39, 0.29) is 30.4 Å². The van der Waals surface area contributed by atoms with E-state index in [2.05, 4.69) is 21.2 Å². The maximum absolute atomic E-state index is 13.5. The van der Waals surface area contributed by atoms with Crippen molar-refractivity contribution < 1.29 is 18.7 Å². The number of rotatable bonds is 9. The first-order chi connectivity index (χ1) is 17.0. The number of amides is 3. The Bertz CT molecular complexity index is 1120. The highest BCUT2D eigenvalue weighted by Crippen LogP contribution is 2.22. The molecular formula is C26H27BrFN3O3S. The molecule has 3 amide bonds. The molecule has 2 aromatic carbocycles. The van der Waals surface area contributed by atoms with E-state index in [4.69, 9.17) is 4.74 Å². The zero-order valence-electron chi connectivity index (χ0n) is 19.2. The number of nitrogens with zero attached hydrogens (tertiary/aromatic N) is 2. The third kappa shape index (κ3) is 7.37. The molecule has 0 spiro atoms. The molecular weight excluding hydrogens is 533 g/mol. The number of urea groups is 1. The molecule has 1 fully saturated rings. The lowest BCUT2D eigenvalue weighted by molar-refractivity contribution is -0.133. The Morgan fingerprint density at radius 1 is 1.06 bits per heavy atom. The number of halogens is 2. The normalized spacial score (nSPS) is 15.1. The van der Waals surface area contributed by atoms with Gasteiger partial charge >= 0.3 is 6.03 Å². The van der Waals surface area contributed by atoms with Gasteiger partial charge < -0.3 is 19.9 Å². The van der Waals surface area contributed by atoms with E-state index >= 15 is 0 Å². The summed E-state index contributed by atoms with van der Waals surface area (Å²) in [5, 5.41) is 4.87. The molecule has 1 aromatic heterocycles. The van der Waals surface area contributed by atoms with Crippen molar-refractivity contribution in [2.24, 2.45) is 0 Å². The van der Waals surface area contributed by atoms with Crippen LogP contribution in [-0.4, -0.2) is 47.5 Å². The van der Waals surface area contributed by atoms with Gasteiger partial charge in [-0.1, -0.05) is 30.3 Å². The van der Waals surface area contributed by atoms with Gasteiger partial charge in [-0.2, -0.15) is 0 Å². The molecule has 1 aliphatic rings. The molecule has 35 heavy (non-hydrogen) atoms. The van der Waals surface area contributed by atoms with Gasteiger partial charge in [0.1, 0.15) is 12.4 Å². The number of benzene rings is 2. The minimum absolute atomic E-state index is 0.0945. The summed E-state index contributed by atoms with van der Waals surface area (Å²) in [6, 6.07) is 17.0. The van der Waals surface area contributed by atoms with E-state index in [0.29, 0.717) is 31.9 Å². The predicted octanol–water partition coefficient (Wildman–Crippen LogP) is 5.89. The monoisotopic (exact) mass is 559 g/mol. The molecule has 4 rings (SSSR count). The first kappa shape index (κ1) is 25.3. The second-order valence-corrected chi connectivity index (χ2v) is 10.3. The number of nitrogens with one attached hydrogen (secondary N) is 1. The van der Waals surface area contributed by atoms with Gasteiger partial charge in [-0.3, -0.25) is 4.79 Å². The third-order valence-corrected chi connectivity index (χ3v) is 7.30. The number of hydrogen-bond acceptors (Lipinski definition) is 4. The van der Waals surface area contributed by atoms with Crippen LogP contribution in [0.2, 0.25) is 0 Å². The van der Waals surface area contributed by atoms with E-state index < -0.39 is 0 Å². The number of carbonyl (C=O) groups is 2. The lowest BCUT2D eigenvalue weighted by Gasteiger charge is -2.29. The number of para-hydroxylation sites is 1. The first-order valence-corrected chi connectivity index (χ1v) is 13.1. The third-order valence-electron chi connectivity index (χ3n) is 5.74. The summed E-state index contributed by atoms with van der Waals surface area (Å²) in [6.07, 6.45) is 1.69. The maximum Gasteiger partial charge on any atom is 0.322 e. The fraction of sp³-hybridized carbons (Fsp3) is 0.308. The van der Waals surface area contributed by atoms with E-state index in [9.17, 15) is 14.0 Å². The fourth-order valence-corrected chi connectivity index (χ4v) is 5.01. The molecule has 3 aromatic rings. The fourth-order valence-electron chi connectivity index (χ4n) is 3.91. The molecule has 0 saturated carbocycles. The summed E-state index contributed by atoms with van der Waals surface area (Å²) in [4.78, 5) is 31.0. The standard InChI is InChI=1S/C26H27BrFN3O3S/c27-23-7-1-2-8-24(23)29-26(33)31(16-21-5-3-13-34-21)18-25(32)30(17-22-6-4-14-35-22)15-19-9-11-20(28)12-10-19/h1-2,4,6-12,14,21H,3,5,13,15-18H2,(H,29,33). The highest BCUT2D eigenvalue weighted by Gasteiger charge is 2.27. The predicted molar refractivity (Wildman–Crippen MR) is 139 cm³/mol. The van der Waals surface area contributed by atoms with Crippen molar-refractivity contribution in [3.05, 3.63) is 86.8 Å². The second kappa shape index (κ2) is 12.3. The second-order valence-electron chi connectivity index (χ2n) is 8.38. The molecule has 1 unspecified atom stereocenters. The van der Waals surface area contributed by atoms with Crippen LogP contribution in [0.5, 0.6) is 0 Å². The van der Waals surface area contributed by atoms with Gasteiger partial charge in [-0.15, -0.1) is 11.3 Å². The quantitative estimate of drug-likeness (QED) is 0.355. The Balaban J connectivity index is 1.51. The van der Waals surface area contributed by atoms with E-state index in [1.165, 1.54) is 17.0 Å². The molecule has 1 atom stereocenters. The van der Waals surface area contributed by atoms with Crippen molar-refractivity contribution in [1.82, 2.24) is 9.80 Å². The van der Waals surface area contributed by atoms with Gasteiger partial charge in [0.25, 0.3) is 0 Å². The molecule has 0 bridgehead atoms. The Morgan fingerprint density at radius 3 is 2.54 bits per heavy atom. The van der Waals surface area contributed by atoms with Gasteiger partial charge in [0.05, 0.1) is 18.3 Å². The number of ether oxygens (including phenoxy) is 1. The van der Waals surface area contributed by atoms with Crippen molar-refractivity contribution in [3.63, 3.8) is 0 Å². The first-order valence-electron chi connectivity index (χ1n) is 11.4. The largest absolute Gasteiger partial charge is 0.376 e. The lowest BCUT2D eigenvalue weighted by Crippen LogP contribution is -2.46. The molecule has 2 heterocycles. The Morgan fingerprint density at radius 2 is 1.86 bits per heavy atom. The SMILES string of the molecule is O=C(CN(CC1CCCO1)C(=O)Nc1ccccc1Br)N(Cc1ccc(F)cc1)Cc1cccs1. The number of carbonyl (C=O) groups excluding carboxylic acids is 2. The van der Waals surface area contributed by atoms with Crippen molar-refractivity contribution in [3.8, 4) is 0 Å². The number of thiophene rings is 1. The van der Waals surface area contributed by atoms with E-state index in [1.807, 2.05) is 35.7 Å². The highest BCUT2D eigenvalue weighted by molar-refractivity contribution is 9.10. The zero-order chi connectivity index (χ0) is 24.6. The minimum atomic E-state index is -0.362. The highest BCUT2D eigenvalue weighted by atomic mass is 79.9. The van der Waals surface area contributed by atoms with Crippen LogP contribution in [0.15, 0.2) is 70.5 Å². The van der Waals surface area contributed by atoms with Crippen LogP contribution in [0, 0.1) is 5.82 Å². The van der Waals surface area contributed by atoms with Gasteiger partial charge in [0, 0.05) is 29.0 Å². The van der Waals surface area contributed by atoms with Crippen LogP contribution in [0.3, 0.4) is 0 Å². The van der Waals surface area contributed by atoms with E-state index in [0.717, 1.165) is 27.8 Å². The van der Waals surface area contributed by atoms with Crippen LogP contribution in [0.25, 0.3) is 0 Å². The molecule has 0 aliphatic carbocycles. The average molecular weight is 560 g/mol. The summed E-state index contributed by atoms with van der Waals surface area (Å²) in [7, 11) is 0. The summed E-state index contributed by atoms with van der Waals surface area (Å²) in [5.41, 5.74) is 1.45. The average Bonchev–Trinajstić information content (AvgIpc) is 3.55. The van der Waals surface area contributed by atoms with Crippen LogP contribution in [0.1, 0.15) is 23.3 Å². The van der Waals surface area contributed by atoms with Gasteiger partial charge in [-0.25, -0.2) is 9.18 Å². The summed E-state index contributed by atoms with van der Waals surface area (Å²) < 4.78 is 19.9.